The first-order valence-corrected chi connectivity index (χ1v) is 9.77. The lowest BCUT2D eigenvalue weighted by molar-refractivity contribution is -0.117. The van der Waals surface area contributed by atoms with E-state index in [1.165, 1.54) is 6.33 Å². The van der Waals surface area contributed by atoms with Crippen LogP contribution in [-0.4, -0.2) is 58.3 Å². The number of aromatic nitrogens is 4. The van der Waals surface area contributed by atoms with Crippen molar-refractivity contribution >= 4 is 11.6 Å². The van der Waals surface area contributed by atoms with E-state index in [2.05, 4.69) is 25.7 Å². The molecule has 9 heteroatoms. The Labute approximate surface area is 174 Å². The lowest BCUT2D eigenvalue weighted by Gasteiger charge is -2.25. The van der Waals surface area contributed by atoms with Crippen molar-refractivity contribution < 1.29 is 14.3 Å². The number of hydrogen-bond acceptors (Lipinski definition) is 7. The number of rotatable bonds is 7. The highest BCUT2D eigenvalue weighted by Crippen LogP contribution is 2.36. The Morgan fingerprint density at radius 2 is 1.93 bits per heavy atom. The molecule has 1 fully saturated rings. The van der Waals surface area contributed by atoms with Crippen LogP contribution in [0.5, 0.6) is 11.5 Å². The maximum Gasteiger partial charge on any atom is 0.238 e. The van der Waals surface area contributed by atoms with E-state index in [9.17, 15) is 4.79 Å². The predicted molar refractivity (Wildman–Crippen MR) is 111 cm³/mol. The molecule has 0 spiro atoms. The Bertz CT molecular complexity index is 990. The van der Waals surface area contributed by atoms with Crippen molar-refractivity contribution in [2.24, 2.45) is 0 Å². The molecule has 0 radical (unpaired) electrons. The number of amides is 1. The second-order valence-electron chi connectivity index (χ2n) is 7.09. The second kappa shape index (κ2) is 8.91. The van der Waals surface area contributed by atoms with Crippen molar-refractivity contribution in [1.29, 1.82) is 0 Å². The van der Waals surface area contributed by atoms with Crippen LogP contribution in [0, 0.1) is 0 Å². The summed E-state index contributed by atoms with van der Waals surface area (Å²) < 4.78 is 12.3. The molecule has 2 aromatic carbocycles. The average Bonchev–Trinajstić information content (AvgIpc) is 3.46. The molecule has 0 bridgehead atoms. The Kier molecular flexibility index (Phi) is 5.89. The van der Waals surface area contributed by atoms with Gasteiger partial charge in [-0.15, -0.1) is 5.10 Å². The maximum atomic E-state index is 12.6. The molecule has 4 rings (SSSR count). The molecule has 0 saturated carbocycles. The summed E-state index contributed by atoms with van der Waals surface area (Å²) in [4.78, 5) is 14.8. The van der Waals surface area contributed by atoms with E-state index in [-0.39, 0.29) is 11.9 Å². The summed E-state index contributed by atoms with van der Waals surface area (Å²) in [5, 5.41) is 14.1. The molecule has 1 atom stereocenters. The summed E-state index contributed by atoms with van der Waals surface area (Å²) >= 11 is 0. The molecular formula is C21H24N6O3. The largest absolute Gasteiger partial charge is 0.493 e. The van der Waals surface area contributed by atoms with Crippen LogP contribution in [0.2, 0.25) is 0 Å². The third kappa shape index (κ3) is 4.25. The van der Waals surface area contributed by atoms with Crippen LogP contribution < -0.4 is 14.8 Å². The summed E-state index contributed by atoms with van der Waals surface area (Å²) in [6, 6.07) is 13.5. The van der Waals surface area contributed by atoms with Crippen LogP contribution in [0.25, 0.3) is 5.69 Å². The first-order chi connectivity index (χ1) is 14.7. The average molecular weight is 408 g/mol. The highest BCUT2D eigenvalue weighted by atomic mass is 16.5. The van der Waals surface area contributed by atoms with Gasteiger partial charge in [-0.05, 0) is 71.8 Å². The quantitative estimate of drug-likeness (QED) is 0.642. The first kappa shape index (κ1) is 19.8. The summed E-state index contributed by atoms with van der Waals surface area (Å²) in [6.45, 7) is 1.21. The fraction of sp³-hybridized carbons (Fsp3) is 0.333. The van der Waals surface area contributed by atoms with Crippen LogP contribution >= 0.6 is 0 Å². The summed E-state index contributed by atoms with van der Waals surface area (Å²) in [7, 11) is 3.26. The zero-order chi connectivity index (χ0) is 20.9. The molecule has 1 aliphatic rings. The lowest BCUT2D eigenvalue weighted by atomic mass is 10.0. The SMILES string of the molecule is COc1ccc(C2CCCN2CC(=O)Nc2ccc(-n3cnnn3)cc2)cc1OC. The zero-order valence-corrected chi connectivity index (χ0v) is 17.0. The van der Waals surface area contributed by atoms with E-state index < -0.39 is 0 Å². The molecule has 30 heavy (non-hydrogen) atoms. The molecule has 9 nitrogen and oxygen atoms in total. The summed E-state index contributed by atoms with van der Waals surface area (Å²) in [6.07, 6.45) is 3.57. The maximum absolute atomic E-state index is 12.6. The van der Waals surface area contributed by atoms with Crippen molar-refractivity contribution in [2.45, 2.75) is 18.9 Å². The van der Waals surface area contributed by atoms with Gasteiger partial charge in [0, 0.05) is 11.7 Å². The molecule has 0 aliphatic carbocycles. The number of likely N-dealkylation sites (tertiary alicyclic amines) is 1. The van der Waals surface area contributed by atoms with Crippen molar-refractivity contribution in [3.63, 3.8) is 0 Å². The third-order valence-electron chi connectivity index (χ3n) is 5.27. The number of carbonyl (C=O) groups is 1. The van der Waals surface area contributed by atoms with Gasteiger partial charge in [-0.1, -0.05) is 6.07 Å². The molecule has 2 heterocycles. The molecule has 1 aromatic heterocycles. The van der Waals surface area contributed by atoms with E-state index in [0.717, 1.165) is 36.3 Å². The summed E-state index contributed by atoms with van der Waals surface area (Å²) in [5.41, 5.74) is 2.69. The van der Waals surface area contributed by atoms with Crippen molar-refractivity contribution in [3.8, 4) is 17.2 Å². The minimum Gasteiger partial charge on any atom is -0.493 e. The Hall–Kier alpha value is -3.46. The number of ether oxygens (including phenoxy) is 2. The highest BCUT2D eigenvalue weighted by molar-refractivity contribution is 5.92. The van der Waals surface area contributed by atoms with E-state index in [4.69, 9.17) is 9.47 Å². The van der Waals surface area contributed by atoms with Crippen LogP contribution in [-0.2, 0) is 4.79 Å². The van der Waals surface area contributed by atoms with Gasteiger partial charge in [0.15, 0.2) is 11.5 Å². The topological polar surface area (TPSA) is 94.4 Å². The number of carbonyl (C=O) groups excluding carboxylic acids is 1. The second-order valence-corrected chi connectivity index (χ2v) is 7.09. The molecule has 1 N–H and O–H groups in total. The number of anilines is 1. The standard InChI is InChI=1S/C21H24N6O3/c1-29-19-10-5-15(12-20(19)30-2)18-4-3-11-26(18)13-21(28)23-16-6-8-17(9-7-16)27-14-22-24-25-27/h5-10,12,14,18H,3-4,11,13H2,1-2H3,(H,23,28). The molecule has 1 unspecified atom stereocenters. The molecular weight excluding hydrogens is 384 g/mol. The molecule has 1 amide bonds. The van der Waals surface area contributed by atoms with E-state index >= 15 is 0 Å². The minimum absolute atomic E-state index is 0.0439. The van der Waals surface area contributed by atoms with Gasteiger partial charge in [0.1, 0.15) is 6.33 Å². The lowest BCUT2D eigenvalue weighted by Crippen LogP contribution is -2.32. The molecule has 3 aromatic rings. The number of nitrogens with one attached hydrogen (secondary N) is 1. The fourth-order valence-corrected chi connectivity index (χ4v) is 3.82. The van der Waals surface area contributed by atoms with Gasteiger partial charge in [-0.2, -0.15) is 0 Å². The monoisotopic (exact) mass is 408 g/mol. The van der Waals surface area contributed by atoms with Crippen molar-refractivity contribution in [2.75, 3.05) is 32.6 Å². The van der Waals surface area contributed by atoms with Gasteiger partial charge in [-0.25, -0.2) is 4.68 Å². The minimum atomic E-state index is -0.0439. The number of nitrogens with zero attached hydrogens (tertiary/aromatic N) is 5. The number of tetrazole rings is 1. The van der Waals surface area contributed by atoms with Crippen molar-refractivity contribution in [1.82, 2.24) is 25.1 Å². The third-order valence-corrected chi connectivity index (χ3v) is 5.27. The number of hydrogen-bond donors (Lipinski definition) is 1. The van der Waals surface area contributed by atoms with Crippen LogP contribution in [0.3, 0.4) is 0 Å². The van der Waals surface area contributed by atoms with Crippen LogP contribution in [0.15, 0.2) is 48.8 Å². The van der Waals surface area contributed by atoms with E-state index in [1.807, 2.05) is 42.5 Å². The smallest absolute Gasteiger partial charge is 0.238 e. The fourth-order valence-electron chi connectivity index (χ4n) is 3.82. The van der Waals surface area contributed by atoms with Gasteiger partial charge in [0.25, 0.3) is 0 Å². The zero-order valence-electron chi connectivity index (χ0n) is 17.0. The Morgan fingerprint density at radius 3 is 2.63 bits per heavy atom. The van der Waals surface area contributed by atoms with Gasteiger partial charge in [-0.3, -0.25) is 9.69 Å². The Balaban J connectivity index is 1.40. The number of benzene rings is 2. The number of methoxy groups -OCH3 is 2. The van der Waals surface area contributed by atoms with Crippen LogP contribution in [0.4, 0.5) is 5.69 Å². The van der Waals surface area contributed by atoms with Gasteiger partial charge >= 0.3 is 0 Å². The van der Waals surface area contributed by atoms with Gasteiger partial charge < -0.3 is 14.8 Å². The summed E-state index contributed by atoms with van der Waals surface area (Å²) in [5.74, 6) is 1.36. The highest BCUT2D eigenvalue weighted by Gasteiger charge is 2.28. The van der Waals surface area contributed by atoms with Gasteiger partial charge in [0.2, 0.25) is 5.91 Å². The normalized spacial score (nSPS) is 16.4. The van der Waals surface area contributed by atoms with Crippen LogP contribution in [0.1, 0.15) is 24.4 Å². The van der Waals surface area contributed by atoms with E-state index in [1.54, 1.807) is 18.9 Å². The van der Waals surface area contributed by atoms with E-state index in [0.29, 0.717) is 18.0 Å². The molecule has 156 valence electrons. The Morgan fingerprint density at radius 1 is 1.13 bits per heavy atom. The van der Waals surface area contributed by atoms with Crippen molar-refractivity contribution in [3.05, 3.63) is 54.4 Å². The molecule has 1 aliphatic heterocycles. The molecule has 1 saturated heterocycles. The predicted octanol–water partition coefficient (Wildman–Crippen LogP) is 2.46. The first-order valence-electron chi connectivity index (χ1n) is 9.77. The van der Waals surface area contributed by atoms with Gasteiger partial charge in [0.05, 0.1) is 26.5 Å².